The van der Waals surface area contributed by atoms with Crippen LogP contribution < -0.4 is 5.32 Å². The maximum absolute atomic E-state index is 14.2. The summed E-state index contributed by atoms with van der Waals surface area (Å²) in [7, 11) is 0. The molecule has 148 valence electrons. The van der Waals surface area contributed by atoms with Crippen molar-refractivity contribution < 1.29 is 9.18 Å². The lowest BCUT2D eigenvalue weighted by Gasteiger charge is -2.09. The first-order chi connectivity index (χ1) is 14.0. The first-order valence-electron chi connectivity index (χ1n) is 9.51. The molecule has 4 nitrogen and oxygen atoms in total. The van der Waals surface area contributed by atoms with Crippen LogP contribution in [0.4, 0.5) is 10.1 Å². The largest absolute Gasteiger partial charge is 0.361 e. The molecule has 4 rings (SSSR count). The van der Waals surface area contributed by atoms with E-state index in [1.165, 1.54) is 18.0 Å². The lowest BCUT2D eigenvalue weighted by molar-refractivity contribution is 0.102. The SMILES string of the molecule is CC(C)Cc1ccc(NC(=O)c2ccn(Sc3ccc4[nH]ccc4c3)c2)cc1F. The molecule has 0 aliphatic carbocycles. The Labute approximate surface area is 173 Å². The number of benzene rings is 2. The van der Waals surface area contributed by atoms with Gasteiger partial charge in [-0.25, -0.2) is 4.39 Å². The first kappa shape index (κ1) is 19.3. The van der Waals surface area contributed by atoms with E-state index in [9.17, 15) is 9.18 Å². The zero-order valence-electron chi connectivity index (χ0n) is 16.3. The Morgan fingerprint density at radius 3 is 2.83 bits per heavy atom. The predicted octanol–water partition coefficient (Wildman–Crippen LogP) is 6.11. The Hall–Kier alpha value is -2.99. The summed E-state index contributed by atoms with van der Waals surface area (Å²) in [5, 5.41) is 3.91. The molecule has 1 amide bonds. The van der Waals surface area contributed by atoms with Crippen molar-refractivity contribution in [3.63, 3.8) is 0 Å². The van der Waals surface area contributed by atoms with Gasteiger partial charge in [0.1, 0.15) is 5.82 Å². The van der Waals surface area contributed by atoms with E-state index in [1.807, 2.05) is 48.4 Å². The third kappa shape index (κ3) is 4.54. The molecule has 0 aliphatic rings. The fourth-order valence-corrected chi connectivity index (χ4v) is 4.05. The minimum Gasteiger partial charge on any atom is -0.361 e. The number of rotatable bonds is 6. The highest BCUT2D eigenvalue weighted by atomic mass is 32.2. The number of halogens is 1. The first-order valence-corrected chi connectivity index (χ1v) is 10.3. The number of hydrogen-bond donors (Lipinski definition) is 2. The number of nitrogens with one attached hydrogen (secondary N) is 2. The van der Waals surface area contributed by atoms with Crippen LogP contribution in [0.3, 0.4) is 0 Å². The summed E-state index contributed by atoms with van der Waals surface area (Å²) in [5.41, 5.74) is 2.73. The van der Waals surface area contributed by atoms with Gasteiger partial charge in [-0.15, -0.1) is 0 Å². The van der Waals surface area contributed by atoms with Crippen molar-refractivity contribution in [2.24, 2.45) is 5.92 Å². The van der Waals surface area contributed by atoms with Gasteiger partial charge in [-0.05, 0) is 72.3 Å². The summed E-state index contributed by atoms with van der Waals surface area (Å²) in [5.74, 6) is -0.175. The van der Waals surface area contributed by atoms with E-state index < -0.39 is 0 Å². The van der Waals surface area contributed by atoms with Gasteiger partial charge >= 0.3 is 0 Å². The van der Waals surface area contributed by atoms with Gasteiger partial charge in [0, 0.05) is 40.1 Å². The monoisotopic (exact) mass is 407 g/mol. The second kappa shape index (κ2) is 8.17. The molecule has 0 saturated carbocycles. The zero-order chi connectivity index (χ0) is 20.4. The van der Waals surface area contributed by atoms with Gasteiger partial charge in [-0.3, -0.25) is 8.77 Å². The lowest BCUT2D eigenvalue weighted by Crippen LogP contribution is -2.11. The van der Waals surface area contributed by atoms with Crippen molar-refractivity contribution in [2.75, 3.05) is 5.32 Å². The van der Waals surface area contributed by atoms with Crippen molar-refractivity contribution in [3.05, 3.63) is 84.1 Å². The van der Waals surface area contributed by atoms with Crippen molar-refractivity contribution >= 4 is 34.4 Å². The minimum atomic E-state index is -0.287. The second-order valence-electron chi connectivity index (χ2n) is 7.44. The average Bonchev–Trinajstić information content (AvgIpc) is 3.33. The minimum absolute atomic E-state index is 0.263. The van der Waals surface area contributed by atoms with E-state index in [0.29, 0.717) is 29.2 Å². The number of hydrogen-bond acceptors (Lipinski definition) is 2. The molecule has 4 aromatic rings. The van der Waals surface area contributed by atoms with Crippen LogP contribution in [0.15, 0.2) is 72.0 Å². The quantitative estimate of drug-likeness (QED) is 0.405. The summed E-state index contributed by atoms with van der Waals surface area (Å²) >= 11 is 1.52. The van der Waals surface area contributed by atoms with Crippen LogP contribution in [-0.2, 0) is 6.42 Å². The van der Waals surface area contributed by atoms with Crippen LogP contribution in [0, 0.1) is 11.7 Å². The molecule has 29 heavy (non-hydrogen) atoms. The molecule has 0 bridgehead atoms. The fourth-order valence-electron chi connectivity index (χ4n) is 3.21. The number of fused-ring (bicyclic) bond motifs is 1. The molecule has 0 atom stereocenters. The number of aromatic amines is 1. The van der Waals surface area contributed by atoms with E-state index >= 15 is 0 Å². The molecule has 2 aromatic carbocycles. The highest BCUT2D eigenvalue weighted by Gasteiger charge is 2.11. The van der Waals surface area contributed by atoms with Gasteiger partial charge in [0.05, 0.1) is 5.56 Å². The van der Waals surface area contributed by atoms with Gasteiger partial charge < -0.3 is 10.3 Å². The van der Waals surface area contributed by atoms with Crippen molar-refractivity contribution in [1.29, 1.82) is 0 Å². The molecule has 0 unspecified atom stereocenters. The van der Waals surface area contributed by atoms with Crippen LogP contribution in [0.25, 0.3) is 10.9 Å². The Morgan fingerprint density at radius 1 is 1.17 bits per heavy atom. The lowest BCUT2D eigenvalue weighted by atomic mass is 10.0. The number of amides is 1. The van der Waals surface area contributed by atoms with Crippen LogP contribution in [0.2, 0.25) is 0 Å². The van der Waals surface area contributed by atoms with Gasteiger partial charge in [-0.2, -0.15) is 0 Å². The number of carbonyl (C=O) groups is 1. The Balaban J connectivity index is 1.43. The zero-order valence-corrected chi connectivity index (χ0v) is 17.1. The number of aromatic nitrogens is 2. The van der Waals surface area contributed by atoms with Crippen LogP contribution in [0.1, 0.15) is 29.8 Å². The molecular weight excluding hydrogens is 385 g/mol. The molecule has 2 N–H and O–H groups in total. The summed E-state index contributed by atoms with van der Waals surface area (Å²) in [6.45, 7) is 4.10. The molecular formula is C23H22FN3OS. The van der Waals surface area contributed by atoms with E-state index in [-0.39, 0.29) is 11.7 Å². The van der Waals surface area contributed by atoms with Crippen molar-refractivity contribution in [2.45, 2.75) is 25.2 Å². The summed E-state index contributed by atoms with van der Waals surface area (Å²) in [6, 6.07) is 14.8. The predicted molar refractivity (Wildman–Crippen MR) is 117 cm³/mol. The molecule has 0 fully saturated rings. The van der Waals surface area contributed by atoms with Crippen molar-refractivity contribution in [3.8, 4) is 0 Å². The van der Waals surface area contributed by atoms with Crippen LogP contribution >= 0.6 is 11.9 Å². The number of nitrogens with zero attached hydrogens (tertiary/aromatic N) is 1. The van der Waals surface area contributed by atoms with Crippen LogP contribution in [-0.4, -0.2) is 14.9 Å². The molecule has 0 radical (unpaired) electrons. The summed E-state index contributed by atoms with van der Waals surface area (Å²) in [6.07, 6.45) is 6.20. The molecule has 0 spiro atoms. The number of H-pyrrole nitrogens is 1. The Bertz CT molecular complexity index is 1160. The highest BCUT2D eigenvalue weighted by Crippen LogP contribution is 2.25. The smallest absolute Gasteiger partial charge is 0.257 e. The standard InChI is InChI=1S/C23H22FN3OS/c1-15(2)11-16-3-4-19(13-21(16)24)26-23(28)18-8-10-27(14-18)29-20-5-6-22-17(12-20)7-9-25-22/h3-10,12-15,25H,11H2,1-2H3,(H,26,28). The average molecular weight is 408 g/mol. The van der Waals surface area contributed by atoms with Gasteiger partial charge in [-0.1, -0.05) is 19.9 Å². The van der Waals surface area contributed by atoms with E-state index in [2.05, 4.69) is 16.4 Å². The fraction of sp³-hybridized carbons (Fsp3) is 0.174. The number of carbonyl (C=O) groups excluding carboxylic acids is 1. The van der Waals surface area contributed by atoms with E-state index in [0.717, 1.165) is 15.8 Å². The molecule has 0 aliphatic heterocycles. The van der Waals surface area contributed by atoms with Gasteiger partial charge in [0.2, 0.25) is 0 Å². The van der Waals surface area contributed by atoms with E-state index in [4.69, 9.17) is 0 Å². The maximum Gasteiger partial charge on any atom is 0.257 e. The Kier molecular flexibility index (Phi) is 5.45. The molecule has 2 heterocycles. The van der Waals surface area contributed by atoms with Gasteiger partial charge in [0.15, 0.2) is 0 Å². The molecule has 2 aromatic heterocycles. The summed E-state index contributed by atoms with van der Waals surface area (Å²) < 4.78 is 16.1. The van der Waals surface area contributed by atoms with E-state index in [1.54, 1.807) is 24.4 Å². The van der Waals surface area contributed by atoms with Crippen LogP contribution in [0.5, 0.6) is 0 Å². The summed E-state index contributed by atoms with van der Waals surface area (Å²) in [4.78, 5) is 16.8. The highest BCUT2D eigenvalue weighted by molar-refractivity contribution is 7.97. The Morgan fingerprint density at radius 2 is 2.03 bits per heavy atom. The second-order valence-corrected chi connectivity index (χ2v) is 8.51. The normalized spacial score (nSPS) is 11.3. The third-order valence-electron chi connectivity index (χ3n) is 4.60. The number of anilines is 1. The van der Waals surface area contributed by atoms with Crippen molar-refractivity contribution in [1.82, 2.24) is 8.96 Å². The maximum atomic E-state index is 14.2. The molecule has 0 saturated heterocycles. The third-order valence-corrected chi connectivity index (χ3v) is 5.51. The molecule has 6 heteroatoms. The topological polar surface area (TPSA) is 49.8 Å². The van der Waals surface area contributed by atoms with Gasteiger partial charge in [0.25, 0.3) is 5.91 Å².